The van der Waals surface area contributed by atoms with Crippen LogP contribution < -0.4 is 11.1 Å². The van der Waals surface area contributed by atoms with Crippen LogP contribution in [0.4, 0.5) is 0 Å². The molecule has 0 aromatic heterocycles. The largest absolute Gasteiger partial charge is 0.368 e. The van der Waals surface area contributed by atoms with Crippen LogP contribution in [0, 0.1) is 5.92 Å². The molecule has 1 aliphatic rings. The van der Waals surface area contributed by atoms with Gasteiger partial charge in [0.05, 0.1) is 5.92 Å². The normalized spacial score (nSPS) is 18.1. The first-order chi connectivity index (χ1) is 13.1. The molecule has 1 saturated carbocycles. The average Bonchev–Trinajstić information content (AvgIpc) is 2.68. The molecule has 0 unspecified atom stereocenters. The van der Waals surface area contributed by atoms with Gasteiger partial charge in [0.1, 0.15) is 11.8 Å². The summed E-state index contributed by atoms with van der Waals surface area (Å²) in [5.74, 6) is -1.54. The van der Waals surface area contributed by atoms with E-state index >= 15 is 0 Å². The summed E-state index contributed by atoms with van der Waals surface area (Å²) >= 11 is 0. The first-order valence-electron chi connectivity index (χ1n) is 9.27. The second-order valence-corrected chi connectivity index (χ2v) is 7.04. The number of hydrogen-bond acceptors (Lipinski definition) is 3. The quantitative estimate of drug-likeness (QED) is 0.825. The Labute approximate surface area is 159 Å². The van der Waals surface area contributed by atoms with E-state index in [1.54, 1.807) is 0 Å². The number of rotatable bonds is 6. The maximum atomic E-state index is 13.2. The van der Waals surface area contributed by atoms with E-state index in [0.717, 1.165) is 17.5 Å². The number of benzene rings is 2. The van der Waals surface area contributed by atoms with Gasteiger partial charge in [-0.2, -0.15) is 0 Å². The lowest BCUT2D eigenvalue weighted by atomic mass is 9.82. The molecule has 2 aromatic rings. The van der Waals surface area contributed by atoms with Crippen LogP contribution in [0.5, 0.6) is 0 Å². The number of carbonyl (C=O) groups is 3. The summed E-state index contributed by atoms with van der Waals surface area (Å²) in [5, 5.41) is 2.84. The first-order valence-corrected chi connectivity index (χ1v) is 9.27. The van der Waals surface area contributed by atoms with Crippen molar-refractivity contribution in [2.24, 2.45) is 11.7 Å². The second kappa shape index (κ2) is 8.62. The molecule has 2 amide bonds. The third kappa shape index (κ3) is 4.61. The Balaban J connectivity index is 1.87. The molecule has 140 valence electrons. The van der Waals surface area contributed by atoms with E-state index in [4.69, 9.17) is 5.73 Å². The van der Waals surface area contributed by atoms with Gasteiger partial charge in [-0.25, -0.2) is 0 Å². The lowest BCUT2D eigenvalue weighted by Gasteiger charge is -2.29. The van der Waals surface area contributed by atoms with Gasteiger partial charge in [-0.1, -0.05) is 60.7 Å². The minimum atomic E-state index is -0.836. The summed E-state index contributed by atoms with van der Waals surface area (Å²) in [6.45, 7) is 0. The Morgan fingerprint density at radius 3 is 2.00 bits per heavy atom. The predicted octanol–water partition coefficient (Wildman–Crippen LogP) is 2.55. The molecule has 0 bridgehead atoms. The summed E-state index contributed by atoms with van der Waals surface area (Å²) in [4.78, 5) is 37.0. The Kier molecular flexibility index (Phi) is 6.01. The molecule has 0 radical (unpaired) electrons. The zero-order chi connectivity index (χ0) is 19.2. The van der Waals surface area contributed by atoms with Crippen LogP contribution in [-0.2, 0) is 14.4 Å². The molecule has 3 rings (SSSR count). The molecule has 0 heterocycles. The van der Waals surface area contributed by atoms with Crippen molar-refractivity contribution < 1.29 is 14.4 Å². The van der Waals surface area contributed by atoms with Crippen molar-refractivity contribution in [3.63, 3.8) is 0 Å². The van der Waals surface area contributed by atoms with E-state index < -0.39 is 17.9 Å². The van der Waals surface area contributed by atoms with Crippen LogP contribution in [0.25, 0.3) is 0 Å². The summed E-state index contributed by atoms with van der Waals surface area (Å²) < 4.78 is 0. The molecule has 27 heavy (non-hydrogen) atoms. The van der Waals surface area contributed by atoms with Crippen LogP contribution in [0.3, 0.4) is 0 Å². The summed E-state index contributed by atoms with van der Waals surface area (Å²) in [6, 6.07) is 18.0. The number of Topliss-reactive ketones (excluding diaryl/α,β-unsaturated/α-hetero) is 1. The third-order valence-corrected chi connectivity index (χ3v) is 5.12. The highest BCUT2D eigenvalue weighted by atomic mass is 16.2. The molecule has 3 N–H and O–H groups in total. The van der Waals surface area contributed by atoms with Crippen LogP contribution in [-0.4, -0.2) is 23.6 Å². The van der Waals surface area contributed by atoms with Crippen molar-refractivity contribution in [3.05, 3.63) is 71.8 Å². The smallest absolute Gasteiger partial charge is 0.240 e. The summed E-state index contributed by atoms with van der Waals surface area (Å²) in [5.41, 5.74) is 7.25. The lowest BCUT2D eigenvalue weighted by molar-refractivity contribution is -0.130. The molecular formula is C22H24N2O3. The molecule has 1 fully saturated rings. The topological polar surface area (TPSA) is 89.3 Å². The van der Waals surface area contributed by atoms with Crippen molar-refractivity contribution in [2.45, 2.75) is 37.6 Å². The van der Waals surface area contributed by atoms with E-state index in [2.05, 4.69) is 5.32 Å². The highest BCUT2D eigenvalue weighted by Crippen LogP contribution is 2.28. The molecule has 0 aliphatic heterocycles. The number of carbonyl (C=O) groups excluding carboxylic acids is 3. The first kappa shape index (κ1) is 18.8. The Morgan fingerprint density at radius 1 is 0.963 bits per heavy atom. The predicted molar refractivity (Wildman–Crippen MR) is 103 cm³/mol. The Hall–Kier alpha value is -2.95. The van der Waals surface area contributed by atoms with Crippen molar-refractivity contribution >= 4 is 17.6 Å². The number of nitrogens with two attached hydrogens (primary N) is 1. The van der Waals surface area contributed by atoms with E-state index in [9.17, 15) is 14.4 Å². The molecule has 2 atom stereocenters. The molecule has 1 aliphatic carbocycles. The highest BCUT2D eigenvalue weighted by Gasteiger charge is 2.34. The molecule has 2 aromatic carbocycles. The van der Waals surface area contributed by atoms with Gasteiger partial charge in [0.25, 0.3) is 0 Å². The monoisotopic (exact) mass is 364 g/mol. The summed E-state index contributed by atoms with van der Waals surface area (Å²) in [6.07, 6.45) is 2.26. The maximum Gasteiger partial charge on any atom is 0.240 e. The van der Waals surface area contributed by atoms with Gasteiger partial charge in [0, 0.05) is 12.8 Å². The van der Waals surface area contributed by atoms with E-state index in [0.29, 0.717) is 12.8 Å². The van der Waals surface area contributed by atoms with Crippen molar-refractivity contribution in [1.29, 1.82) is 0 Å². The number of ketones is 1. The molecular weight excluding hydrogens is 340 g/mol. The fourth-order valence-electron chi connectivity index (χ4n) is 3.79. The van der Waals surface area contributed by atoms with Gasteiger partial charge >= 0.3 is 0 Å². The van der Waals surface area contributed by atoms with E-state index in [1.165, 1.54) is 0 Å². The molecule has 5 nitrogen and oxygen atoms in total. The van der Waals surface area contributed by atoms with Gasteiger partial charge in [0.2, 0.25) is 11.8 Å². The molecule has 5 heteroatoms. The van der Waals surface area contributed by atoms with Gasteiger partial charge in [0.15, 0.2) is 0 Å². The van der Waals surface area contributed by atoms with Gasteiger partial charge in [-0.15, -0.1) is 0 Å². The van der Waals surface area contributed by atoms with Gasteiger partial charge in [-0.3, -0.25) is 14.4 Å². The standard InChI is InChI=1S/C22H24N2O3/c23-21(26)20(17-12-7-13-18(25)14-17)24-22(27)19(15-8-3-1-4-9-15)16-10-5-2-6-11-16/h1-6,8-11,17,19-20H,7,12-14H2,(H2,23,26)(H,24,27)/t17-,20-/m0/s1. The van der Waals surface area contributed by atoms with Crippen molar-refractivity contribution in [1.82, 2.24) is 5.32 Å². The number of primary amides is 1. The minimum Gasteiger partial charge on any atom is -0.368 e. The Morgan fingerprint density at radius 2 is 1.52 bits per heavy atom. The summed E-state index contributed by atoms with van der Waals surface area (Å²) in [7, 11) is 0. The third-order valence-electron chi connectivity index (χ3n) is 5.12. The number of amides is 2. The van der Waals surface area contributed by atoms with Crippen LogP contribution >= 0.6 is 0 Å². The highest BCUT2D eigenvalue weighted by molar-refractivity contribution is 5.92. The van der Waals surface area contributed by atoms with Crippen LogP contribution in [0.15, 0.2) is 60.7 Å². The number of hydrogen-bond donors (Lipinski definition) is 2. The van der Waals surface area contributed by atoms with Gasteiger partial charge < -0.3 is 11.1 Å². The Bertz CT molecular complexity index is 765. The zero-order valence-corrected chi connectivity index (χ0v) is 15.1. The SMILES string of the molecule is NC(=O)[C@@H](NC(=O)C(c1ccccc1)c1ccccc1)[C@H]1CCCC(=O)C1. The van der Waals surface area contributed by atoms with Crippen LogP contribution in [0.1, 0.15) is 42.7 Å². The number of nitrogens with one attached hydrogen (secondary N) is 1. The fraction of sp³-hybridized carbons (Fsp3) is 0.318. The zero-order valence-electron chi connectivity index (χ0n) is 15.1. The van der Waals surface area contributed by atoms with Gasteiger partial charge in [-0.05, 0) is 29.9 Å². The maximum absolute atomic E-state index is 13.2. The van der Waals surface area contributed by atoms with Crippen molar-refractivity contribution in [3.8, 4) is 0 Å². The lowest BCUT2D eigenvalue weighted by Crippen LogP contribution is -2.51. The van der Waals surface area contributed by atoms with Crippen LogP contribution in [0.2, 0.25) is 0 Å². The van der Waals surface area contributed by atoms with E-state index in [-0.39, 0.29) is 24.0 Å². The minimum absolute atomic E-state index is 0.120. The second-order valence-electron chi connectivity index (χ2n) is 7.04. The average molecular weight is 364 g/mol. The van der Waals surface area contributed by atoms with Crippen molar-refractivity contribution in [2.75, 3.05) is 0 Å². The molecule has 0 spiro atoms. The fourth-order valence-corrected chi connectivity index (χ4v) is 3.79. The molecule has 0 saturated heterocycles. The van der Waals surface area contributed by atoms with E-state index in [1.807, 2.05) is 60.7 Å².